The molecule has 1 atom stereocenters. The summed E-state index contributed by atoms with van der Waals surface area (Å²) >= 11 is 0. The van der Waals surface area contributed by atoms with Gasteiger partial charge in [-0.1, -0.05) is 63.2 Å². The number of benzene rings is 2. The van der Waals surface area contributed by atoms with E-state index in [-0.39, 0.29) is 11.5 Å². The van der Waals surface area contributed by atoms with Gasteiger partial charge >= 0.3 is 6.16 Å². The first-order chi connectivity index (χ1) is 10.4. The van der Waals surface area contributed by atoms with E-state index in [0.29, 0.717) is 5.75 Å². The summed E-state index contributed by atoms with van der Waals surface area (Å²) in [5.41, 5.74) is 2.04. The molecule has 0 radical (unpaired) electrons. The fourth-order valence-corrected chi connectivity index (χ4v) is 2.08. The van der Waals surface area contributed by atoms with Crippen molar-refractivity contribution in [1.29, 1.82) is 0 Å². The van der Waals surface area contributed by atoms with Crippen LogP contribution >= 0.6 is 0 Å². The summed E-state index contributed by atoms with van der Waals surface area (Å²) in [5.74, 6) is 0.498. The van der Waals surface area contributed by atoms with Gasteiger partial charge in [0.2, 0.25) is 0 Å². The third kappa shape index (κ3) is 4.35. The van der Waals surface area contributed by atoms with E-state index in [1.165, 1.54) is 0 Å². The summed E-state index contributed by atoms with van der Waals surface area (Å²) in [5, 5.41) is 0. The molecule has 0 amide bonds. The van der Waals surface area contributed by atoms with E-state index in [9.17, 15) is 4.79 Å². The predicted octanol–water partition coefficient (Wildman–Crippen LogP) is 5.26. The first-order valence-corrected chi connectivity index (χ1v) is 7.40. The van der Waals surface area contributed by atoms with Crippen LogP contribution in [0.1, 0.15) is 44.9 Å². The smallest absolute Gasteiger partial charge is 0.426 e. The molecule has 0 aliphatic carbocycles. The van der Waals surface area contributed by atoms with Crippen LogP contribution in [0, 0.1) is 0 Å². The third-order valence-electron chi connectivity index (χ3n) is 3.44. The largest absolute Gasteiger partial charge is 0.514 e. The molecule has 2 aromatic rings. The normalized spacial score (nSPS) is 12.5. The Morgan fingerprint density at radius 1 is 1.00 bits per heavy atom. The molecule has 0 heterocycles. The zero-order valence-electron chi connectivity index (χ0n) is 13.5. The average molecular weight is 298 g/mol. The van der Waals surface area contributed by atoms with E-state index in [2.05, 4.69) is 20.8 Å². The van der Waals surface area contributed by atoms with Crippen LogP contribution in [-0.2, 0) is 10.2 Å². The fraction of sp³-hybridized carbons (Fsp3) is 0.316. The van der Waals surface area contributed by atoms with Crippen LogP contribution in [0.3, 0.4) is 0 Å². The minimum absolute atomic E-state index is 0.000600. The van der Waals surface area contributed by atoms with Crippen LogP contribution in [-0.4, -0.2) is 6.16 Å². The fourth-order valence-electron chi connectivity index (χ4n) is 2.08. The Bertz CT molecular complexity index is 627. The second-order valence-electron chi connectivity index (χ2n) is 6.30. The minimum Gasteiger partial charge on any atom is -0.426 e. The molecule has 2 rings (SSSR count). The van der Waals surface area contributed by atoms with Gasteiger partial charge in [-0.05, 0) is 35.6 Å². The van der Waals surface area contributed by atoms with Crippen molar-refractivity contribution >= 4 is 6.16 Å². The van der Waals surface area contributed by atoms with Crippen molar-refractivity contribution in [3.8, 4) is 5.75 Å². The SMILES string of the molecule is CC(OC(=O)Oc1cccc(C(C)(C)C)c1)c1ccccc1. The highest BCUT2D eigenvalue weighted by molar-refractivity contribution is 5.64. The van der Waals surface area contributed by atoms with Crippen molar-refractivity contribution in [2.45, 2.75) is 39.2 Å². The lowest BCUT2D eigenvalue weighted by molar-refractivity contribution is 0.0655. The quantitative estimate of drug-likeness (QED) is 0.572. The van der Waals surface area contributed by atoms with Crippen LogP contribution in [0.5, 0.6) is 5.75 Å². The van der Waals surface area contributed by atoms with Gasteiger partial charge in [-0.3, -0.25) is 0 Å². The van der Waals surface area contributed by atoms with Gasteiger partial charge in [0.15, 0.2) is 0 Å². The van der Waals surface area contributed by atoms with Crippen molar-refractivity contribution in [2.24, 2.45) is 0 Å². The topological polar surface area (TPSA) is 35.5 Å². The number of hydrogen-bond donors (Lipinski definition) is 0. The number of hydrogen-bond acceptors (Lipinski definition) is 3. The van der Waals surface area contributed by atoms with E-state index in [1.807, 2.05) is 55.5 Å². The number of carbonyl (C=O) groups is 1. The summed E-state index contributed by atoms with van der Waals surface area (Å²) in [6.45, 7) is 8.16. The second-order valence-corrected chi connectivity index (χ2v) is 6.30. The molecule has 0 fully saturated rings. The first kappa shape index (κ1) is 16.1. The van der Waals surface area contributed by atoms with Gasteiger partial charge in [0, 0.05) is 0 Å². The predicted molar refractivity (Wildman–Crippen MR) is 87.1 cm³/mol. The van der Waals surface area contributed by atoms with Gasteiger partial charge in [0.25, 0.3) is 0 Å². The van der Waals surface area contributed by atoms with Crippen LogP contribution in [0.25, 0.3) is 0 Å². The molecule has 2 aromatic carbocycles. The molecule has 0 aromatic heterocycles. The Hall–Kier alpha value is -2.29. The highest BCUT2D eigenvalue weighted by Crippen LogP contribution is 2.26. The van der Waals surface area contributed by atoms with Crippen LogP contribution < -0.4 is 4.74 Å². The Labute approximate surface area is 131 Å². The lowest BCUT2D eigenvalue weighted by Crippen LogP contribution is -2.15. The highest BCUT2D eigenvalue weighted by Gasteiger charge is 2.17. The number of ether oxygens (including phenoxy) is 2. The summed E-state index contributed by atoms with van der Waals surface area (Å²) < 4.78 is 10.6. The standard InChI is InChI=1S/C19H22O3/c1-14(15-9-6-5-7-10-15)21-18(20)22-17-12-8-11-16(13-17)19(2,3)4/h5-14H,1-4H3. The van der Waals surface area contributed by atoms with E-state index >= 15 is 0 Å². The summed E-state index contributed by atoms with van der Waals surface area (Å²) in [7, 11) is 0. The molecule has 0 aliphatic rings. The van der Waals surface area contributed by atoms with Crippen molar-refractivity contribution in [1.82, 2.24) is 0 Å². The van der Waals surface area contributed by atoms with E-state index < -0.39 is 6.16 Å². The summed E-state index contributed by atoms with van der Waals surface area (Å²) in [6.07, 6.45) is -1.04. The summed E-state index contributed by atoms with van der Waals surface area (Å²) in [6, 6.07) is 17.1. The third-order valence-corrected chi connectivity index (χ3v) is 3.44. The molecule has 3 nitrogen and oxygen atoms in total. The Kier molecular flexibility index (Phi) is 4.86. The molecular weight excluding hydrogens is 276 g/mol. The maximum atomic E-state index is 11.9. The van der Waals surface area contributed by atoms with Gasteiger partial charge < -0.3 is 9.47 Å². The number of rotatable bonds is 3. The monoisotopic (exact) mass is 298 g/mol. The molecule has 0 aliphatic heterocycles. The minimum atomic E-state index is -0.692. The van der Waals surface area contributed by atoms with E-state index in [0.717, 1.165) is 11.1 Å². The van der Waals surface area contributed by atoms with Crippen molar-refractivity contribution < 1.29 is 14.3 Å². The Morgan fingerprint density at radius 3 is 2.32 bits per heavy atom. The van der Waals surface area contributed by atoms with Gasteiger partial charge in [-0.15, -0.1) is 0 Å². The molecule has 0 saturated carbocycles. The molecular formula is C19H22O3. The molecule has 0 N–H and O–H groups in total. The van der Waals surface area contributed by atoms with Gasteiger partial charge in [0.1, 0.15) is 11.9 Å². The van der Waals surface area contributed by atoms with Crippen LogP contribution in [0.15, 0.2) is 54.6 Å². The zero-order valence-corrected chi connectivity index (χ0v) is 13.5. The average Bonchev–Trinajstić information content (AvgIpc) is 2.47. The Morgan fingerprint density at radius 2 is 1.68 bits per heavy atom. The van der Waals surface area contributed by atoms with Crippen molar-refractivity contribution in [3.05, 3.63) is 65.7 Å². The maximum absolute atomic E-state index is 11.9. The molecule has 0 saturated heterocycles. The lowest BCUT2D eigenvalue weighted by Gasteiger charge is -2.19. The highest BCUT2D eigenvalue weighted by atomic mass is 16.7. The maximum Gasteiger partial charge on any atom is 0.514 e. The first-order valence-electron chi connectivity index (χ1n) is 7.40. The van der Waals surface area contributed by atoms with Crippen LogP contribution in [0.4, 0.5) is 4.79 Å². The van der Waals surface area contributed by atoms with E-state index in [4.69, 9.17) is 9.47 Å². The van der Waals surface area contributed by atoms with Gasteiger partial charge in [-0.25, -0.2) is 4.79 Å². The Balaban J connectivity index is 2.01. The van der Waals surface area contributed by atoms with E-state index in [1.54, 1.807) is 6.07 Å². The zero-order chi connectivity index (χ0) is 16.2. The summed E-state index contributed by atoms with van der Waals surface area (Å²) in [4.78, 5) is 11.9. The molecule has 0 bridgehead atoms. The molecule has 0 spiro atoms. The van der Waals surface area contributed by atoms with Crippen molar-refractivity contribution in [3.63, 3.8) is 0 Å². The molecule has 116 valence electrons. The molecule has 22 heavy (non-hydrogen) atoms. The van der Waals surface area contributed by atoms with Gasteiger partial charge in [-0.2, -0.15) is 0 Å². The molecule has 3 heteroatoms. The molecule has 1 unspecified atom stereocenters. The number of carbonyl (C=O) groups excluding carboxylic acids is 1. The van der Waals surface area contributed by atoms with Gasteiger partial charge in [0.05, 0.1) is 0 Å². The lowest BCUT2D eigenvalue weighted by atomic mass is 9.87. The van der Waals surface area contributed by atoms with Crippen LogP contribution in [0.2, 0.25) is 0 Å². The second kappa shape index (κ2) is 6.65. The van der Waals surface area contributed by atoms with Crippen molar-refractivity contribution in [2.75, 3.05) is 0 Å².